The molecule has 0 amide bonds. The first kappa shape index (κ1) is 13.2. The summed E-state index contributed by atoms with van der Waals surface area (Å²) in [7, 11) is 0. The minimum atomic E-state index is 0.771. The van der Waals surface area contributed by atoms with E-state index in [2.05, 4.69) is 56.6 Å². The molecule has 17 heavy (non-hydrogen) atoms. The van der Waals surface area contributed by atoms with Crippen LogP contribution in [0, 0.1) is 0 Å². The number of rotatable bonds is 3. The molecule has 2 nitrogen and oxygen atoms in total. The summed E-state index contributed by atoms with van der Waals surface area (Å²) in [6.45, 7) is 4.54. The molecule has 1 atom stereocenters. The maximum atomic E-state index is 4.51. The lowest BCUT2D eigenvalue weighted by atomic mass is 10.2. The van der Waals surface area contributed by atoms with Gasteiger partial charge in [-0.25, -0.2) is 4.98 Å². The van der Waals surface area contributed by atoms with Crippen molar-refractivity contribution in [1.82, 2.24) is 4.98 Å². The van der Waals surface area contributed by atoms with Crippen molar-refractivity contribution >= 4 is 33.5 Å². The molecule has 0 N–H and O–H groups in total. The number of thioether (sulfide) groups is 1. The minimum absolute atomic E-state index is 0.771. The highest BCUT2D eigenvalue weighted by molar-refractivity contribution is 9.10. The van der Waals surface area contributed by atoms with Crippen molar-refractivity contribution < 1.29 is 0 Å². The second-order valence-electron chi connectivity index (χ2n) is 4.35. The van der Waals surface area contributed by atoms with Gasteiger partial charge in [-0.05, 0) is 46.7 Å². The van der Waals surface area contributed by atoms with Gasteiger partial charge in [0.1, 0.15) is 5.82 Å². The van der Waals surface area contributed by atoms with Crippen molar-refractivity contribution in [3.8, 4) is 0 Å². The Morgan fingerprint density at radius 1 is 1.47 bits per heavy atom. The molecule has 1 aromatic rings. The molecule has 0 aliphatic carbocycles. The summed E-state index contributed by atoms with van der Waals surface area (Å²) >= 11 is 5.52. The molecule has 1 saturated heterocycles. The van der Waals surface area contributed by atoms with Crippen molar-refractivity contribution in [2.45, 2.75) is 31.4 Å². The van der Waals surface area contributed by atoms with Crippen LogP contribution in [-0.2, 0) is 0 Å². The largest absolute Gasteiger partial charge is 0.356 e. The molecule has 0 radical (unpaired) electrons. The molecule has 2 rings (SSSR count). The van der Waals surface area contributed by atoms with Crippen molar-refractivity contribution in [3.05, 3.63) is 22.8 Å². The molecule has 4 heteroatoms. The zero-order valence-electron chi connectivity index (χ0n) is 10.2. The molecule has 0 saturated carbocycles. The first-order chi connectivity index (χ1) is 8.29. The maximum absolute atomic E-state index is 4.51. The Morgan fingerprint density at radius 3 is 3.06 bits per heavy atom. The number of hydrogen-bond acceptors (Lipinski definition) is 3. The van der Waals surface area contributed by atoms with Gasteiger partial charge in [-0.3, -0.25) is 0 Å². The summed E-state index contributed by atoms with van der Waals surface area (Å²) in [6.07, 6.45) is 5.89. The molecular weight excluding hydrogens is 296 g/mol. The van der Waals surface area contributed by atoms with E-state index in [1.165, 1.54) is 25.0 Å². The fraction of sp³-hybridized carbons (Fsp3) is 0.615. The Morgan fingerprint density at radius 2 is 2.35 bits per heavy atom. The first-order valence-electron chi connectivity index (χ1n) is 6.27. The van der Waals surface area contributed by atoms with Gasteiger partial charge in [0.05, 0.1) is 0 Å². The molecule has 2 heterocycles. The summed E-state index contributed by atoms with van der Waals surface area (Å²) < 4.78 is 1.05. The molecule has 0 spiro atoms. The average Bonchev–Trinajstić information content (AvgIpc) is 2.56. The van der Waals surface area contributed by atoms with Crippen LogP contribution in [0.4, 0.5) is 5.82 Å². The van der Waals surface area contributed by atoms with Gasteiger partial charge in [0.25, 0.3) is 0 Å². The highest BCUT2D eigenvalue weighted by Crippen LogP contribution is 2.25. The van der Waals surface area contributed by atoms with Crippen LogP contribution in [0.15, 0.2) is 22.8 Å². The Bertz CT molecular complexity index is 342. The van der Waals surface area contributed by atoms with Crippen LogP contribution in [0.2, 0.25) is 0 Å². The standard InChI is InChI=1S/C13H19BrN2S/c1-2-17-12-5-3-4-8-16(10-12)13-7-6-11(14)9-15-13/h6-7,9,12H,2-5,8,10H2,1H3. The lowest BCUT2D eigenvalue weighted by Gasteiger charge is -2.25. The summed E-state index contributed by atoms with van der Waals surface area (Å²) in [5.74, 6) is 2.34. The zero-order chi connectivity index (χ0) is 12.1. The number of nitrogens with zero attached hydrogens (tertiary/aromatic N) is 2. The van der Waals surface area contributed by atoms with E-state index in [1.54, 1.807) is 0 Å². The van der Waals surface area contributed by atoms with E-state index in [1.807, 2.05) is 6.20 Å². The van der Waals surface area contributed by atoms with Crippen molar-refractivity contribution in [1.29, 1.82) is 0 Å². The van der Waals surface area contributed by atoms with Gasteiger partial charge >= 0.3 is 0 Å². The highest BCUT2D eigenvalue weighted by Gasteiger charge is 2.18. The summed E-state index contributed by atoms with van der Waals surface area (Å²) in [5.41, 5.74) is 0. The first-order valence-corrected chi connectivity index (χ1v) is 8.12. The fourth-order valence-electron chi connectivity index (χ4n) is 2.24. The molecule has 1 fully saturated rings. The third-order valence-corrected chi connectivity index (χ3v) is 4.72. The second kappa shape index (κ2) is 6.64. The van der Waals surface area contributed by atoms with Gasteiger partial charge in [-0.15, -0.1) is 0 Å². The normalized spacial score (nSPS) is 21.3. The van der Waals surface area contributed by atoms with Gasteiger partial charge in [0.2, 0.25) is 0 Å². The van der Waals surface area contributed by atoms with Crippen LogP contribution in [0.25, 0.3) is 0 Å². The Labute approximate surface area is 116 Å². The number of halogens is 1. The molecule has 1 aromatic heterocycles. The molecule has 0 aromatic carbocycles. The molecule has 0 bridgehead atoms. The summed E-state index contributed by atoms with van der Waals surface area (Å²) in [4.78, 5) is 6.95. The fourth-order valence-corrected chi connectivity index (χ4v) is 3.56. The quantitative estimate of drug-likeness (QED) is 0.840. The Kier molecular flexibility index (Phi) is 5.16. The van der Waals surface area contributed by atoms with Crippen LogP contribution in [0.1, 0.15) is 26.2 Å². The third kappa shape index (κ3) is 3.88. The zero-order valence-corrected chi connectivity index (χ0v) is 12.6. The van der Waals surface area contributed by atoms with Crippen molar-refractivity contribution in [3.63, 3.8) is 0 Å². The number of hydrogen-bond donors (Lipinski definition) is 0. The Hall–Kier alpha value is -0.220. The van der Waals surface area contributed by atoms with Crippen LogP contribution in [0.3, 0.4) is 0 Å². The lowest BCUT2D eigenvalue weighted by molar-refractivity contribution is 0.735. The summed E-state index contributed by atoms with van der Waals surface area (Å²) in [6, 6.07) is 4.19. The third-order valence-electron chi connectivity index (χ3n) is 3.07. The average molecular weight is 315 g/mol. The molecule has 1 aliphatic heterocycles. The predicted octanol–water partition coefficient (Wildman–Crippen LogP) is 3.96. The van der Waals surface area contributed by atoms with Crippen LogP contribution in [-0.4, -0.2) is 29.1 Å². The minimum Gasteiger partial charge on any atom is -0.356 e. The van der Waals surface area contributed by atoms with Gasteiger partial charge in [0, 0.05) is 29.0 Å². The van der Waals surface area contributed by atoms with Gasteiger partial charge in [-0.1, -0.05) is 13.3 Å². The monoisotopic (exact) mass is 314 g/mol. The highest BCUT2D eigenvalue weighted by atomic mass is 79.9. The number of pyridine rings is 1. The predicted molar refractivity (Wildman–Crippen MR) is 79.9 cm³/mol. The molecule has 1 unspecified atom stereocenters. The summed E-state index contributed by atoms with van der Waals surface area (Å²) in [5, 5.41) is 0.771. The molecular formula is C13H19BrN2S. The van der Waals surface area contributed by atoms with E-state index in [0.717, 1.165) is 28.6 Å². The molecule has 1 aliphatic rings. The van der Waals surface area contributed by atoms with Gasteiger partial charge in [0.15, 0.2) is 0 Å². The maximum Gasteiger partial charge on any atom is 0.128 e. The van der Waals surface area contributed by atoms with E-state index in [0.29, 0.717) is 0 Å². The van der Waals surface area contributed by atoms with E-state index in [4.69, 9.17) is 0 Å². The van der Waals surface area contributed by atoms with Gasteiger partial charge in [-0.2, -0.15) is 11.8 Å². The van der Waals surface area contributed by atoms with E-state index in [-0.39, 0.29) is 0 Å². The van der Waals surface area contributed by atoms with E-state index >= 15 is 0 Å². The van der Waals surface area contributed by atoms with E-state index in [9.17, 15) is 0 Å². The number of anilines is 1. The van der Waals surface area contributed by atoms with Crippen LogP contribution in [0.5, 0.6) is 0 Å². The van der Waals surface area contributed by atoms with Gasteiger partial charge < -0.3 is 4.90 Å². The van der Waals surface area contributed by atoms with Crippen molar-refractivity contribution in [2.75, 3.05) is 23.7 Å². The Balaban J connectivity index is 2.05. The van der Waals surface area contributed by atoms with Crippen LogP contribution >= 0.6 is 27.7 Å². The number of aromatic nitrogens is 1. The van der Waals surface area contributed by atoms with Crippen LogP contribution < -0.4 is 4.90 Å². The second-order valence-corrected chi connectivity index (χ2v) is 6.85. The smallest absolute Gasteiger partial charge is 0.128 e. The van der Waals surface area contributed by atoms with E-state index < -0.39 is 0 Å². The van der Waals surface area contributed by atoms with Crippen molar-refractivity contribution in [2.24, 2.45) is 0 Å². The lowest BCUT2D eigenvalue weighted by Crippen LogP contribution is -2.30. The SMILES string of the molecule is CCSC1CCCCN(c2ccc(Br)cn2)C1. The molecule has 94 valence electrons. The topological polar surface area (TPSA) is 16.1 Å².